The molecule has 98 valence electrons. The molecule has 0 spiro atoms. The van der Waals surface area contributed by atoms with Gasteiger partial charge in [-0.2, -0.15) is 0 Å². The summed E-state index contributed by atoms with van der Waals surface area (Å²) in [6, 6.07) is 7.44. The van der Waals surface area contributed by atoms with Gasteiger partial charge in [0.1, 0.15) is 0 Å². The third-order valence-electron chi connectivity index (χ3n) is 5.17. The van der Waals surface area contributed by atoms with Gasteiger partial charge in [-0.15, -0.1) is 0 Å². The SMILES string of the molecule is CCc1ccc(C2CCCC2)cc1C1CCCC1. The number of hydrogen-bond donors (Lipinski definition) is 0. The first-order chi connectivity index (χ1) is 8.88. The van der Waals surface area contributed by atoms with Crippen LogP contribution in [0.3, 0.4) is 0 Å². The van der Waals surface area contributed by atoms with Crippen LogP contribution in [-0.2, 0) is 6.42 Å². The molecule has 3 rings (SSSR count). The molecule has 0 saturated heterocycles. The Morgan fingerprint density at radius 1 is 0.889 bits per heavy atom. The van der Waals surface area contributed by atoms with Crippen molar-refractivity contribution in [3.05, 3.63) is 34.9 Å². The van der Waals surface area contributed by atoms with Crippen LogP contribution in [0.25, 0.3) is 0 Å². The van der Waals surface area contributed by atoms with E-state index in [2.05, 4.69) is 25.1 Å². The molecule has 0 radical (unpaired) electrons. The van der Waals surface area contributed by atoms with Gasteiger partial charge >= 0.3 is 0 Å². The lowest BCUT2D eigenvalue weighted by molar-refractivity contribution is 0.693. The largest absolute Gasteiger partial charge is 0.0613 e. The van der Waals surface area contributed by atoms with Gasteiger partial charge in [0.05, 0.1) is 0 Å². The first kappa shape index (κ1) is 12.3. The Bertz CT molecular complexity index is 392. The smallest absolute Gasteiger partial charge is 0.0159 e. The Labute approximate surface area is 112 Å². The van der Waals surface area contributed by atoms with Gasteiger partial charge in [-0.1, -0.05) is 50.8 Å². The van der Waals surface area contributed by atoms with Crippen LogP contribution in [0, 0.1) is 0 Å². The van der Waals surface area contributed by atoms with Crippen LogP contribution in [0.5, 0.6) is 0 Å². The van der Waals surface area contributed by atoms with Crippen LogP contribution in [0.4, 0.5) is 0 Å². The monoisotopic (exact) mass is 242 g/mol. The molecule has 0 unspecified atom stereocenters. The molecule has 0 amide bonds. The summed E-state index contributed by atoms with van der Waals surface area (Å²) in [5, 5.41) is 0. The van der Waals surface area contributed by atoms with Crippen molar-refractivity contribution in [3.63, 3.8) is 0 Å². The lowest BCUT2D eigenvalue weighted by atomic mass is 9.87. The Balaban J connectivity index is 1.90. The lowest BCUT2D eigenvalue weighted by Gasteiger charge is -2.18. The maximum Gasteiger partial charge on any atom is -0.0159 e. The topological polar surface area (TPSA) is 0 Å². The van der Waals surface area contributed by atoms with Crippen molar-refractivity contribution >= 4 is 0 Å². The van der Waals surface area contributed by atoms with E-state index in [1.807, 2.05) is 0 Å². The molecule has 0 nitrogen and oxygen atoms in total. The maximum absolute atomic E-state index is 2.59. The van der Waals surface area contributed by atoms with E-state index >= 15 is 0 Å². The van der Waals surface area contributed by atoms with Gasteiger partial charge in [-0.3, -0.25) is 0 Å². The predicted octanol–water partition coefficient (Wildman–Crippen LogP) is 5.56. The molecule has 2 aliphatic carbocycles. The Morgan fingerprint density at radius 2 is 1.50 bits per heavy atom. The van der Waals surface area contributed by atoms with E-state index in [0.717, 1.165) is 11.8 Å². The summed E-state index contributed by atoms with van der Waals surface area (Å²) >= 11 is 0. The summed E-state index contributed by atoms with van der Waals surface area (Å²) in [5.41, 5.74) is 4.97. The number of rotatable bonds is 3. The molecule has 18 heavy (non-hydrogen) atoms. The normalized spacial score (nSPS) is 21.8. The van der Waals surface area contributed by atoms with Crippen molar-refractivity contribution in [2.24, 2.45) is 0 Å². The van der Waals surface area contributed by atoms with Gasteiger partial charge in [0, 0.05) is 0 Å². The zero-order chi connectivity index (χ0) is 12.4. The van der Waals surface area contributed by atoms with Crippen molar-refractivity contribution in [2.45, 2.75) is 76.5 Å². The highest BCUT2D eigenvalue weighted by Crippen LogP contribution is 2.40. The van der Waals surface area contributed by atoms with Crippen LogP contribution < -0.4 is 0 Å². The fraction of sp³-hybridized carbons (Fsp3) is 0.667. The van der Waals surface area contributed by atoms with Gasteiger partial charge in [0.2, 0.25) is 0 Å². The molecule has 0 aliphatic heterocycles. The van der Waals surface area contributed by atoms with E-state index in [0.29, 0.717) is 0 Å². The third-order valence-corrected chi connectivity index (χ3v) is 5.17. The first-order valence-corrected chi connectivity index (χ1v) is 8.01. The summed E-state index contributed by atoms with van der Waals surface area (Å²) in [6.07, 6.45) is 12.7. The minimum absolute atomic E-state index is 0.871. The Morgan fingerprint density at radius 3 is 2.11 bits per heavy atom. The van der Waals surface area contributed by atoms with Crippen LogP contribution in [0.2, 0.25) is 0 Å². The quantitative estimate of drug-likeness (QED) is 0.650. The van der Waals surface area contributed by atoms with Crippen LogP contribution in [-0.4, -0.2) is 0 Å². The summed E-state index contributed by atoms with van der Waals surface area (Å²) in [7, 11) is 0. The van der Waals surface area contributed by atoms with Gasteiger partial charge in [0.15, 0.2) is 0 Å². The molecular weight excluding hydrogens is 216 g/mol. The van der Waals surface area contributed by atoms with E-state index in [-0.39, 0.29) is 0 Å². The first-order valence-electron chi connectivity index (χ1n) is 8.01. The van der Waals surface area contributed by atoms with Crippen molar-refractivity contribution in [2.75, 3.05) is 0 Å². The fourth-order valence-corrected chi connectivity index (χ4v) is 4.07. The third kappa shape index (κ3) is 2.35. The van der Waals surface area contributed by atoms with E-state index in [9.17, 15) is 0 Å². The summed E-state index contributed by atoms with van der Waals surface area (Å²) in [4.78, 5) is 0. The Kier molecular flexibility index (Phi) is 3.72. The van der Waals surface area contributed by atoms with E-state index in [1.165, 1.54) is 57.8 Å². The predicted molar refractivity (Wildman–Crippen MR) is 78.2 cm³/mol. The molecule has 2 fully saturated rings. The molecule has 0 bridgehead atoms. The summed E-state index contributed by atoms with van der Waals surface area (Å²) in [6.45, 7) is 2.31. The second-order valence-electron chi connectivity index (χ2n) is 6.27. The number of benzene rings is 1. The van der Waals surface area contributed by atoms with Crippen molar-refractivity contribution in [1.82, 2.24) is 0 Å². The van der Waals surface area contributed by atoms with E-state index < -0.39 is 0 Å². The van der Waals surface area contributed by atoms with Gasteiger partial charge in [-0.05, 0) is 60.6 Å². The van der Waals surface area contributed by atoms with E-state index in [1.54, 1.807) is 16.7 Å². The molecule has 0 aromatic heterocycles. The minimum atomic E-state index is 0.871. The van der Waals surface area contributed by atoms with Gasteiger partial charge in [0.25, 0.3) is 0 Å². The maximum atomic E-state index is 2.59. The highest BCUT2D eigenvalue weighted by molar-refractivity contribution is 5.37. The molecule has 2 saturated carbocycles. The standard InChI is InChI=1S/C18H26/c1-2-14-11-12-17(15-7-3-4-8-15)13-18(14)16-9-5-6-10-16/h11-13,15-16H,2-10H2,1H3. The average molecular weight is 242 g/mol. The fourth-order valence-electron chi connectivity index (χ4n) is 4.07. The highest BCUT2D eigenvalue weighted by atomic mass is 14.3. The highest BCUT2D eigenvalue weighted by Gasteiger charge is 2.22. The zero-order valence-electron chi connectivity index (χ0n) is 11.8. The number of aryl methyl sites for hydroxylation is 1. The summed E-state index contributed by atoms with van der Waals surface area (Å²) in [5.74, 6) is 1.75. The lowest BCUT2D eigenvalue weighted by Crippen LogP contribution is -2.02. The molecule has 2 aliphatic rings. The molecule has 1 aromatic rings. The Hall–Kier alpha value is -0.780. The number of hydrogen-bond acceptors (Lipinski definition) is 0. The van der Waals surface area contributed by atoms with Crippen LogP contribution in [0.1, 0.15) is 86.8 Å². The zero-order valence-corrected chi connectivity index (χ0v) is 11.8. The van der Waals surface area contributed by atoms with Crippen molar-refractivity contribution in [3.8, 4) is 0 Å². The molecule has 0 N–H and O–H groups in total. The molecule has 0 heteroatoms. The van der Waals surface area contributed by atoms with Crippen LogP contribution >= 0.6 is 0 Å². The van der Waals surface area contributed by atoms with E-state index in [4.69, 9.17) is 0 Å². The van der Waals surface area contributed by atoms with Crippen molar-refractivity contribution < 1.29 is 0 Å². The molecule has 0 heterocycles. The van der Waals surface area contributed by atoms with Crippen LogP contribution in [0.15, 0.2) is 18.2 Å². The average Bonchev–Trinajstić information content (AvgIpc) is 3.11. The summed E-state index contributed by atoms with van der Waals surface area (Å²) < 4.78 is 0. The molecular formula is C18H26. The van der Waals surface area contributed by atoms with Crippen molar-refractivity contribution in [1.29, 1.82) is 0 Å². The van der Waals surface area contributed by atoms with Gasteiger partial charge in [-0.25, -0.2) is 0 Å². The second kappa shape index (κ2) is 5.47. The molecule has 0 atom stereocenters. The van der Waals surface area contributed by atoms with Gasteiger partial charge < -0.3 is 0 Å². The molecule has 1 aromatic carbocycles. The minimum Gasteiger partial charge on any atom is -0.0613 e. The second-order valence-corrected chi connectivity index (χ2v) is 6.27.